The van der Waals surface area contributed by atoms with E-state index in [1.54, 1.807) is 18.4 Å². The molecule has 0 saturated carbocycles. The number of anilines is 2. The summed E-state index contributed by atoms with van der Waals surface area (Å²) in [4.78, 5) is 28.3. The van der Waals surface area contributed by atoms with Crippen molar-refractivity contribution in [2.45, 2.75) is 25.3 Å². The summed E-state index contributed by atoms with van der Waals surface area (Å²) in [5.74, 6) is 0.0977. The number of carbonyl (C=O) groups excluding carboxylic acids is 2. The number of allylic oxidation sites excluding steroid dienone is 1. The van der Waals surface area contributed by atoms with Crippen molar-refractivity contribution in [2.75, 3.05) is 23.8 Å². The number of fused-ring (bicyclic) bond motifs is 1. The molecule has 1 aromatic carbocycles. The fraction of sp³-hybridized carbons (Fsp3) is 0.300. The molecule has 1 aliphatic heterocycles. The van der Waals surface area contributed by atoms with Gasteiger partial charge in [-0.1, -0.05) is 18.2 Å². The van der Waals surface area contributed by atoms with E-state index in [9.17, 15) is 9.59 Å². The zero-order valence-electron chi connectivity index (χ0n) is 14.6. The SMILES string of the molecule is CNC(=O)CN1c2ccccc2NC2=C(C(=O)CCC2)C1c1cccs1. The fourth-order valence-electron chi connectivity index (χ4n) is 3.75. The minimum absolute atomic E-state index is 0.0753. The maximum Gasteiger partial charge on any atom is 0.239 e. The summed E-state index contributed by atoms with van der Waals surface area (Å²) in [6.45, 7) is 0.196. The molecular weight excluding hydrogens is 346 g/mol. The Morgan fingerprint density at radius 3 is 2.88 bits per heavy atom. The molecule has 1 amide bonds. The van der Waals surface area contributed by atoms with Crippen molar-refractivity contribution in [1.29, 1.82) is 0 Å². The Kier molecular flexibility index (Phi) is 4.51. The highest BCUT2D eigenvalue weighted by Crippen LogP contribution is 2.45. The summed E-state index contributed by atoms with van der Waals surface area (Å²) in [6, 6.07) is 11.8. The number of nitrogens with one attached hydrogen (secondary N) is 2. The van der Waals surface area contributed by atoms with E-state index in [2.05, 4.69) is 15.5 Å². The lowest BCUT2D eigenvalue weighted by Gasteiger charge is -2.34. The monoisotopic (exact) mass is 367 g/mol. The van der Waals surface area contributed by atoms with E-state index in [0.29, 0.717) is 6.42 Å². The van der Waals surface area contributed by atoms with Gasteiger partial charge in [-0.05, 0) is 36.4 Å². The molecule has 0 spiro atoms. The Bertz CT molecular complexity index is 873. The van der Waals surface area contributed by atoms with Gasteiger partial charge < -0.3 is 15.5 Å². The first-order chi connectivity index (χ1) is 12.7. The molecule has 1 unspecified atom stereocenters. The fourth-order valence-corrected chi connectivity index (χ4v) is 4.60. The topological polar surface area (TPSA) is 61.4 Å². The molecule has 0 radical (unpaired) electrons. The second kappa shape index (κ2) is 6.96. The predicted octanol–water partition coefficient (Wildman–Crippen LogP) is 3.47. The molecule has 1 aliphatic carbocycles. The van der Waals surface area contributed by atoms with Crippen LogP contribution in [-0.4, -0.2) is 25.3 Å². The zero-order valence-corrected chi connectivity index (χ0v) is 15.4. The van der Waals surface area contributed by atoms with Gasteiger partial charge in [0.1, 0.15) is 0 Å². The van der Waals surface area contributed by atoms with Crippen molar-refractivity contribution >= 4 is 34.4 Å². The van der Waals surface area contributed by atoms with Crippen LogP contribution in [0.2, 0.25) is 0 Å². The lowest BCUT2D eigenvalue weighted by atomic mass is 9.88. The van der Waals surface area contributed by atoms with E-state index in [1.807, 2.05) is 41.8 Å². The summed E-state index contributed by atoms with van der Waals surface area (Å²) in [6.07, 6.45) is 2.27. The van der Waals surface area contributed by atoms with E-state index in [1.165, 1.54) is 0 Å². The van der Waals surface area contributed by atoms with Gasteiger partial charge in [0, 0.05) is 29.6 Å². The molecule has 134 valence electrons. The summed E-state index contributed by atoms with van der Waals surface area (Å²) in [5.41, 5.74) is 3.68. The second-order valence-corrected chi connectivity index (χ2v) is 7.51. The molecule has 2 aliphatic rings. The van der Waals surface area contributed by atoms with Crippen molar-refractivity contribution < 1.29 is 9.59 Å². The number of para-hydroxylation sites is 2. The van der Waals surface area contributed by atoms with Crippen molar-refractivity contribution in [1.82, 2.24) is 5.32 Å². The van der Waals surface area contributed by atoms with Crippen LogP contribution in [0, 0.1) is 0 Å². The standard InChI is InChI=1S/C20H21N3O2S/c1-21-18(25)12-23-15-8-3-2-6-13(15)22-14-7-4-9-16(24)19(14)20(23)17-10-5-11-26-17/h2-3,5-6,8,10-11,20,22H,4,7,9,12H2,1H3,(H,21,25). The number of carbonyl (C=O) groups is 2. The summed E-state index contributed by atoms with van der Waals surface area (Å²) >= 11 is 1.62. The zero-order chi connectivity index (χ0) is 18.1. The van der Waals surface area contributed by atoms with Crippen molar-refractivity contribution in [3.8, 4) is 0 Å². The van der Waals surface area contributed by atoms with Gasteiger partial charge in [0.05, 0.1) is 24.0 Å². The van der Waals surface area contributed by atoms with Gasteiger partial charge in [-0.25, -0.2) is 0 Å². The van der Waals surface area contributed by atoms with Gasteiger partial charge in [0.25, 0.3) is 0 Å². The lowest BCUT2D eigenvalue weighted by Crippen LogP contribution is -2.40. The number of likely N-dealkylation sites (N-methyl/N-ethyl adjacent to an activating group) is 1. The molecule has 5 nitrogen and oxygen atoms in total. The Hall–Kier alpha value is -2.60. The predicted molar refractivity (Wildman–Crippen MR) is 104 cm³/mol. The van der Waals surface area contributed by atoms with E-state index < -0.39 is 0 Å². The van der Waals surface area contributed by atoms with Gasteiger partial charge in [-0.2, -0.15) is 0 Å². The molecule has 2 N–H and O–H groups in total. The van der Waals surface area contributed by atoms with Crippen LogP contribution in [0.1, 0.15) is 30.2 Å². The second-order valence-electron chi connectivity index (χ2n) is 6.53. The Morgan fingerprint density at radius 2 is 2.12 bits per heavy atom. The minimum Gasteiger partial charge on any atom is -0.358 e. The first-order valence-corrected chi connectivity index (χ1v) is 9.70. The van der Waals surface area contributed by atoms with Crippen LogP contribution in [0.15, 0.2) is 53.0 Å². The largest absolute Gasteiger partial charge is 0.358 e. The molecule has 0 saturated heterocycles. The van der Waals surface area contributed by atoms with Crippen LogP contribution in [0.3, 0.4) is 0 Å². The average molecular weight is 367 g/mol. The third kappa shape index (κ3) is 2.90. The van der Waals surface area contributed by atoms with Crippen LogP contribution in [0.4, 0.5) is 11.4 Å². The molecule has 0 fully saturated rings. The van der Waals surface area contributed by atoms with Gasteiger partial charge in [0.15, 0.2) is 5.78 Å². The first kappa shape index (κ1) is 16.8. The highest BCUT2D eigenvalue weighted by Gasteiger charge is 2.37. The maximum absolute atomic E-state index is 12.9. The highest BCUT2D eigenvalue weighted by atomic mass is 32.1. The molecule has 4 rings (SSSR count). The number of benzene rings is 1. The van der Waals surface area contributed by atoms with Crippen LogP contribution < -0.4 is 15.5 Å². The van der Waals surface area contributed by atoms with E-state index in [-0.39, 0.29) is 24.3 Å². The van der Waals surface area contributed by atoms with Crippen molar-refractivity contribution in [2.24, 2.45) is 0 Å². The third-order valence-corrected chi connectivity index (χ3v) is 5.87. The average Bonchev–Trinajstić information content (AvgIpc) is 3.13. The normalized spacial score (nSPS) is 19.3. The molecule has 2 heterocycles. The van der Waals surface area contributed by atoms with Gasteiger partial charge in [-0.15, -0.1) is 11.3 Å². The highest BCUT2D eigenvalue weighted by molar-refractivity contribution is 7.10. The third-order valence-electron chi connectivity index (χ3n) is 4.95. The summed E-state index contributed by atoms with van der Waals surface area (Å²) in [7, 11) is 1.64. The number of hydrogen-bond donors (Lipinski definition) is 2. The van der Waals surface area contributed by atoms with Crippen molar-refractivity contribution in [3.05, 3.63) is 57.9 Å². The molecular formula is C20H21N3O2S. The number of rotatable bonds is 3. The number of Topliss-reactive ketones (excluding diaryl/α,β-unsaturated/α-hetero) is 1. The summed E-state index contributed by atoms with van der Waals surface area (Å²) in [5, 5.41) is 8.23. The number of ketones is 1. The summed E-state index contributed by atoms with van der Waals surface area (Å²) < 4.78 is 0. The van der Waals surface area contributed by atoms with E-state index >= 15 is 0 Å². The van der Waals surface area contributed by atoms with E-state index in [0.717, 1.165) is 40.4 Å². The van der Waals surface area contributed by atoms with Crippen molar-refractivity contribution in [3.63, 3.8) is 0 Å². The Balaban J connectivity index is 1.93. The number of nitrogens with zero attached hydrogens (tertiary/aromatic N) is 1. The molecule has 26 heavy (non-hydrogen) atoms. The molecule has 1 atom stereocenters. The lowest BCUT2D eigenvalue weighted by molar-refractivity contribution is -0.120. The quantitative estimate of drug-likeness (QED) is 0.872. The number of amides is 1. The molecule has 6 heteroatoms. The van der Waals surface area contributed by atoms with Crippen LogP contribution in [0.5, 0.6) is 0 Å². The Labute approximate surface area is 156 Å². The number of hydrogen-bond acceptors (Lipinski definition) is 5. The van der Waals surface area contributed by atoms with Crippen LogP contribution in [0.25, 0.3) is 0 Å². The smallest absolute Gasteiger partial charge is 0.239 e. The minimum atomic E-state index is -0.244. The first-order valence-electron chi connectivity index (χ1n) is 8.82. The molecule has 1 aromatic heterocycles. The molecule has 0 bridgehead atoms. The van der Waals surface area contributed by atoms with Gasteiger partial charge >= 0.3 is 0 Å². The van der Waals surface area contributed by atoms with E-state index in [4.69, 9.17) is 0 Å². The Morgan fingerprint density at radius 1 is 1.27 bits per heavy atom. The molecule has 2 aromatic rings. The van der Waals surface area contributed by atoms with Gasteiger partial charge in [0.2, 0.25) is 5.91 Å². The maximum atomic E-state index is 12.9. The number of thiophene rings is 1. The van der Waals surface area contributed by atoms with Crippen LogP contribution in [-0.2, 0) is 9.59 Å². The van der Waals surface area contributed by atoms with Gasteiger partial charge in [-0.3, -0.25) is 9.59 Å². The van der Waals surface area contributed by atoms with Crippen LogP contribution >= 0.6 is 11.3 Å².